The van der Waals surface area contributed by atoms with Crippen molar-refractivity contribution in [3.63, 3.8) is 0 Å². The van der Waals surface area contributed by atoms with Crippen LogP contribution in [-0.2, 0) is 16.0 Å². The molecule has 0 atom stereocenters. The van der Waals surface area contributed by atoms with E-state index in [9.17, 15) is 9.59 Å². The molecule has 1 aromatic heterocycles. The third kappa shape index (κ3) is 6.34. The number of guanidine groups is 1. The van der Waals surface area contributed by atoms with Crippen molar-refractivity contribution < 1.29 is 9.59 Å². The van der Waals surface area contributed by atoms with E-state index < -0.39 is 0 Å². The summed E-state index contributed by atoms with van der Waals surface area (Å²) >= 11 is 1.64. The van der Waals surface area contributed by atoms with Crippen molar-refractivity contribution >= 4 is 53.1 Å². The maximum absolute atomic E-state index is 11.7. The van der Waals surface area contributed by atoms with Crippen molar-refractivity contribution in [1.29, 1.82) is 0 Å². The molecule has 0 radical (unpaired) electrons. The first kappa shape index (κ1) is 20.8. The van der Waals surface area contributed by atoms with Crippen molar-refractivity contribution in [3.8, 4) is 0 Å². The number of halogens is 1. The normalized spacial score (nSPS) is 15.2. The van der Waals surface area contributed by atoms with E-state index in [0.717, 1.165) is 23.7 Å². The summed E-state index contributed by atoms with van der Waals surface area (Å²) in [5, 5.41) is 9.45. The van der Waals surface area contributed by atoms with Crippen molar-refractivity contribution in [3.05, 3.63) is 16.1 Å². The average molecular weight is 465 g/mol. The highest BCUT2D eigenvalue weighted by molar-refractivity contribution is 14.0. The van der Waals surface area contributed by atoms with Crippen molar-refractivity contribution in [2.45, 2.75) is 32.6 Å². The second kappa shape index (κ2) is 10.6. The number of likely N-dealkylation sites (tertiary alicyclic amines) is 1. The third-order valence-electron chi connectivity index (χ3n) is 3.58. The Balaban J connectivity index is 0.00000288. The van der Waals surface area contributed by atoms with E-state index in [1.165, 1.54) is 4.90 Å². The number of rotatable bonds is 6. The maximum atomic E-state index is 11.7. The zero-order valence-electron chi connectivity index (χ0n) is 14.0. The predicted octanol–water partition coefficient (Wildman–Crippen LogP) is 1.32. The number of nitrogens with zero attached hydrogens (tertiary/aromatic N) is 3. The van der Waals surface area contributed by atoms with Gasteiger partial charge in [-0.25, -0.2) is 4.98 Å². The van der Waals surface area contributed by atoms with Crippen LogP contribution >= 0.6 is 35.3 Å². The average Bonchev–Trinajstić information content (AvgIpc) is 2.94. The van der Waals surface area contributed by atoms with Gasteiger partial charge in [0.05, 0.1) is 10.7 Å². The van der Waals surface area contributed by atoms with Crippen LogP contribution in [0.15, 0.2) is 10.4 Å². The van der Waals surface area contributed by atoms with Crippen LogP contribution in [0.1, 0.15) is 30.0 Å². The standard InChI is InChI=1S/C15H23N5O2S.HI/c1-11-19-12(10-23-11)6-7-17-15(16-2)18-8-9-20-13(21)4-3-5-14(20)22;/h10H,3-9H2,1-2H3,(H2,16,17,18);1H. The van der Waals surface area contributed by atoms with Crippen LogP contribution in [0.25, 0.3) is 0 Å². The van der Waals surface area contributed by atoms with Gasteiger partial charge in [0.1, 0.15) is 0 Å². The van der Waals surface area contributed by atoms with Crippen LogP contribution in [0, 0.1) is 6.92 Å². The molecule has 2 N–H and O–H groups in total. The number of hydrogen-bond acceptors (Lipinski definition) is 5. The van der Waals surface area contributed by atoms with Crippen molar-refractivity contribution in [2.24, 2.45) is 4.99 Å². The topological polar surface area (TPSA) is 86.7 Å². The number of aromatic nitrogens is 1. The van der Waals surface area contributed by atoms with Gasteiger partial charge in [0.2, 0.25) is 11.8 Å². The Labute approximate surface area is 163 Å². The molecule has 0 bridgehead atoms. The number of carbonyl (C=O) groups excluding carboxylic acids is 2. The van der Waals surface area contributed by atoms with Crippen LogP contribution in [0.2, 0.25) is 0 Å². The first-order valence-electron chi connectivity index (χ1n) is 7.79. The number of aryl methyl sites for hydroxylation is 1. The molecule has 9 heteroatoms. The molecular weight excluding hydrogens is 441 g/mol. The number of amides is 2. The summed E-state index contributed by atoms with van der Waals surface area (Å²) in [6, 6.07) is 0. The number of carbonyl (C=O) groups is 2. The summed E-state index contributed by atoms with van der Waals surface area (Å²) in [4.78, 5) is 33.3. The van der Waals surface area contributed by atoms with Crippen molar-refractivity contribution in [2.75, 3.05) is 26.7 Å². The van der Waals surface area contributed by atoms with Crippen LogP contribution in [-0.4, -0.2) is 54.3 Å². The molecule has 134 valence electrons. The maximum Gasteiger partial charge on any atom is 0.229 e. The lowest BCUT2D eigenvalue weighted by atomic mass is 10.1. The molecule has 1 saturated heterocycles. The van der Waals surface area contributed by atoms with E-state index in [-0.39, 0.29) is 35.8 Å². The van der Waals surface area contributed by atoms with Crippen LogP contribution in [0.5, 0.6) is 0 Å². The molecule has 24 heavy (non-hydrogen) atoms. The van der Waals surface area contributed by atoms with E-state index >= 15 is 0 Å². The molecule has 1 aliphatic rings. The van der Waals surface area contributed by atoms with Gasteiger partial charge in [0.15, 0.2) is 5.96 Å². The van der Waals surface area contributed by atoms with Crippen LogP contribution < -0.4 is 10.6 Å². The lowest BCUT2D eigenvalue weighted by Gasteiger charge is -2.25. The highest BCUT2D eigenvalue weighted by Crippen LogP contribution is 2.11. The van der Waals surface area contributed by atoms with Gasteiger partial charge in [-0.2, -0.15) is 0 Å². The fraction of sp³-hybridized carbons (Fsp3) is 0.600. The van der Waals surface area contributed by atoms with Gasteiger partial charge in [0, 0.05) is 51.3 Å². The van der Waals surface area contributed by atoms with Gasteiger partial charge >= 0.3 is 0 Å². The Kier molecular flexibility index (Phi) is 9.19. The Morgan fingerprint density at radius 3 is 2.54 bits per heavy atom. The molecule has 2 heterocycles. The van der Waals surface area contributed by atoms with Gasteiger partial charge < -0.3 is 10.6 Å². The first-order chi connectivity index (χ1) is 11.1. The van der Waals surface area contributed by atoms with Gasteiger partial charge in [-0.05, 0) is 13.3 Å². The zero-order valence-corrected chi connectivity index (χ0v) is 17.1. The lowest BCUT2D eigenvalue weighted by Crippen LogP contribution is -2.46. The second-order valence-corrected chi connectivity index (χ2v) is 6.39. The van der Waals surface area contributed by atoms with E-state index in [1.54, 1.807) is 18.4 Å². The summed E-state index contributed by atoms with van der Waals surface area (Å²) in [5.74, 6) is 0.503. The van der Waals surface area contributed by atoms with E-state index in [2.05, 4.69) is 26.0 Å². The third-order valence-corrected chi connectivity index (χ3v) is 4.40. The predicted molar refractivity (Wildman–Crippen MR) is 106 cm³/mol. The molecule has 0 aromatic carbocycles. The number of aliphatic imine (C=N–C) groups is 1. The summed E-state index contributed by atoms with van der Waals surface area (Å²) in [5.41, 5.74) is 1.07. The Morgan fingerprint density at radius 1 is 1.29 bits per heavy atom. The number of thiazole rings is 1. The number of piperidine rings is 1. The van der Waals surface area contributed by atoms with Gasteiger partial charge in [0.25, 0.3) is 0 Å². The fourth-order valence-electron chi connectivity index (χ4n) is 2.39. The largest absolute Gasteiger partial charge is 0.356 e. The highest BCUT2D eigenvalue weighted by Gasteiger charge is 2.25. The van der Waals surface area contributed by atoms with Crippen LogP contribution in [0.3, 0.4) is 0 Å². The minimum absolute atomic E-state index is 0. The quantitative estimate of drug-likeness (QED) is 0.287. The fourth-order valence-corrected chi connectivity index (χ4v) is 3.04. The van der Waals surface area contributed by atoms with Gasteiger partial charge in [-0.3, -0.25) is 19.5 Å². The molecule has 1 fully saturated rings. The molecule has 1 aliphatic heterocycles. The molecule has 2 amide bonds. The number of nitrogens with one attached hydrogen (secondary N) is 2. The molecule has 0 spiro atoms. The zero-order chi connectivity index (χ0) is 16.7. The van der Waals surface area contributed by atoms with Crippen molar-refractivity contribution in [1.82, 2.24) is 20.5 Å². The van der Waals surface area contributed by atoms with E-state index in [4.69, 9.17) is 0 Å². The first-order valence-corrected chi connectivity index (χ1v) is 8.67. The number of imide groups is 1. The smallest absolute Gasteiger partial charge is 0.229 e. The second-order valence-electron chi connectivity index (χ2n) is 5.33. The molecular formula is C15H24IN5O2S. The Morgan fingerprint density at radius 2 is 1.96 bits per heavy atom. The molecule has 1 aromatic rings. The minimum Gasteiger partial charge on any atom is -0.356 e. The summed E-state index contributed by atoms with van der Waals surface area (Å²) in [6.45, 7) is 3.59. The lowest BCUT2D eigenvalue weighted by molar-refractivity contribution is -0.147. The van der Waals surface area contributed by atoms with Crippen LogP contribution in [0.4, 0.5) is 0 Å². The SMILES string of the molecule is CN=C(NCCc1csc(C)n1)NCCN1C(=O)CCCC1=O.I. The molecule has 0 unspecified atom stereocenters. The molecule has 7 nitrogen and oxygen atoms in total. The molecule has 0 aliphatic carbocycles. The summed E-state index contributed by atoms with van der Waals surface area (Å²) < 4.78 is 0. The molecule has 2 rings (SSSR count). The Bertz CT molecular complexity index is 574. The molecule has 0 saturated carbocycles. The monoisotopic (exact) mass is 465 g/mol. The van der Waals surface area contributed by atoms with Gasteiger partial charge in [-0.15, -0.1) is 35.3 Å². The minimum atomic E-state index is -0.0788. The summed E-state index contributed by atoms with van der Waals surface area (Å²) in [7, 11) is 1.69. The van der Waals surface area contributed by atoms with Gasteiger partial charge in [-0.1, -0.05) is 0 Å². The number of hydrogen-bond donors (Lipinski definition) is 2. The highest BCUT2D eigenvalue weighted by atomic mass is 127. The van der Waals surface area contributed by atoms with E-state index in [0.29, 0.717) is 38.3 Å². The Hall–Kier alpha value is -1.23. The summed E-state index contributed by atoms with van der Waals surface area (Å²) in [6.07, 6.45) is 2.42. The van der Waals surface area contributed by atoms with E-state index in [1.807, 2.05) is 6.92 Å².